The second kappa shape index (κ2) is 4.84. The zero-order valence-corrected chi connectivity index (χ0v) is 12.9. The average Bonchev–Trinajstić information content (AvgIpc) is 2.95. The summed E-state index contributed by atoms with van der Waals surface area (Å²) in [5.41, 5.74) is 2.66. The van der Waals surface area contributed by atoms with Crippen LogP contribution in [0.3, 0.4) is 0 Å². The summed E-state index contributed by atoms with van der Waals surface area (Å²) in [6, 6.07) is 0. The molecule has 3 rings (SSSR count). The Balaban J connectivity index is 1.71. The van der Waals surface area contributed by atoms with E-state index < -0.39 is 11.3 Å². The normalized spacial score (nSPS) is 35.6. The van der Waals surface area contributed by atoms with Crippen LogP contribution in [0.2, 0.25) is 0 Å². The fraction of sp³-hybridized carbons (Fsp3) is 0.867. The van der Waals surface area contributed by atoms with E-state index in [1.165, 1.54) is 37.6 Å². The predicted octanol–water partition coefficient (Wildman–Crippen LogP) is 3.20. The maximum absolute atomic E-state index is 9.37. The summed E-state index contributed by atoms with van der Waals surface area (Å²) in [7, 11) is -0.326. The number of rotatable bonds is 2. The summed E-state index contributed by atoms with van der Waals surface area (Å²) in [6.45, 7) is 5.71. The Morgan fingerprint density at radius 2 is 1.85 bits per heavy atom. The van der Waals surface area contributed by atoms with Crippen molar-refractivity contribution < 1.29 is 14.5 Å². The molecule has 2 aliphatic carbocycles. The van der Waals surface area contributed by atoms with Crippen molar-refractivity contribution in [1.82, 2.24) is 5.48 Å². The summed E-state index contributed by atoms with van der Waals surface area (Å²) in [4.78, 5) is 0. The molecule has 1 saturated carbocycles. The molecule has 1 heterocycles. The number of allylic oxidation sites excluding steroid dienone is 2. The second-order valence-corrected chi connectivity index (χ2v) is 7.41. The Morgan fingerprint density at radius 1 is 1.15 bits per heavy atom. The minimum absolute atomic E-state index is 0.326. The van der Waals surface area contributed by atoms with Crippen LogP contribution in [0.5, 0.6) is 0 Å². The SMILES string of the molecule is CC1(C)OB(C2=CCC3(CCCC3)CC2)OC1(C)NO. The van der Waals surface area contributed by atoms with Gasteiger partial charge in [-0.25, -0.2) is 0 Å². The molecule has 0 bridgehead atoms. The third-order valence-electron chi connectivity index (χ3n) is 5.81. The third-order valence-corrected chi connectivity index (χ3v) is 5.81. The molecule has 1 spiro atoms. The smallest absolute Gasteiger partial charge is 0.398 e. The van der Waals surface area contributed by atoms with E-state index in [-0.39, 0.29) is 7.12 Å². The highest BCUT2D eigenvalue weighted by molar-refractivity contribution is 6.54. The molecule has 0 aromatic rings. The van der Waals surface area contributed by atoms with Crippen molar-refractivity contribution in [2.45, 2.75) is 77.0 Å². The number of hydroxylamine groups is 1. The van der Waals surface area contributed by atoms with Crippen LogP contribution in [-0.4, -0.2) is 23.7 Å². The van der Waals surface area contributed by atoms with Crippen molar-refractivity contribution in [3.63, 3.8) is 0 Å². The summed E-state index contributed by atoms with van der Waals surface area (Å²) < 4.78 is 12.0. The molecular weight excluding hydrogens is 253 g/mol. The minimum atomic E-state index is -0.860. The van der Waals surface area contributed by atoms with E-state index in [4.69, 9.17) is 9.31 Å². The van der Waals surface area contributed by atoms with Crippen molar-refractivity contribution in [2.75, 3.05) is 0 Å². The third kappa shape index (κ3) is 2.25. The van der Waals surface area contributed by atoms with Gasteiger partial charge in [-0.2, -0.15) is 5.48 Å². The monoisotopic (exact) mass is 279 g/mol. The highest BCUT2D eigenvalue weighted by Crippen LogP contribution is 2.49. The van der Waals surface area contributed by atoms with Gasteiger partial charge in [0.1, 0.15) is 0 Å². The Bertz CT molecular complexity index is 417. The first-order valence-electron chi connectivity index (χ1n) is 7.86. The van der Waals surface area contributed by atoms with Gasteiger partial charge in [-0.15, -0.1) is 0 Å². The van der Waals surface area contributed by atoms with Crippen LogP contribution in [0.1, 0.15) is 65.7 Å². The van der Waals surface area contributed by atoms with E-state index in [1.807, 2.05) is 20.8 Å². The predicted molar refractivity (Wildman–Crippen MR) is 78.2 cm³/mol. The van der Waals surface area contributed by atoms with E-state index in [0.717, 1.165) is 12.8 Å². The van der Waals surface area contributed by atoms with Crippen LogP contribution in [0.4, 0.5) is 0 Å². The lowest BCUT2D eigenvalue weighted by Crippen LogP contribution is -2.54. The van der Waals surface area contributed by atoms with Crippen molar-refractivity contribution >= 4 is 7.12 Å². The van der Waals surface area contributed by atoms with Crippen molar-refractivity contribution in [2.24, 2.45) is 5.41 Å². The lowest BCUT2D eigenvalue weighted by atomic mass is 9.65. The van der Waals surface area contributed by atoms with Gasteiger partial charge in [-0.05, 0) is 63.8 Å². The van der Waals surface area contributed by atoms with E-state index in [2.05, 4.69) is 11.6 Å². The zero-order chi connectivity index (χ0) is 14.4. The summed E-state index contributed by atoms with van der Waals surface area (Å²) in [5.74, 6) is 0. The van der Waals surface area contributed by atoms with Gasteiger partial charge in [0, 0.05) is 0 Å². The Morgan fingerprint density at radius 3 is 2.35 bits per heavy atom. The second-order valence-electron chi connectivity index (χ2n) is 7.41. The van der Waals surface area contributed by atoms with Gasteiger partial charge >= 0.3 is 7.12 Å². The van der Waals surface area contributed by atoms with E-state index in [1.54, 1.807) is 0 Å². The first kappa shape index (κ1) is 14.6. The molecule has 5 heteroatoms. The fourth-order valence-electron chi connectivity index (χ4n) is 3.83. The Hall–Kier alpha value is -0.355. The van der Waals surface area contributed by atoms with Gasteiger partial charge in [-0.3, -0.25) is 0 Å². The number of hydrogen-bond acceptors (Lipinski definition) is 4. The maximum atomic E-state index is 9.37. The standard InChI is InChI=1S/C15H26BNO3/c1-13(2)14(3,17-18)20-16(19-13)12-6-10-15(11-7-12)8-4-5-9-15/h6,17-18H,4-5,7-11H2,1-3H3. The molecule has 4 nitrogen and oxygen atoms in total. The topological polar surface area (TPSA) is 50.7 Å². The molecule has 1 atom stereocenters. The molecule has 0 aromatic carbocycles. The molecule has 1 saturated heterocycles. The summed E-state index contributed by atoms with van der Waals surface area (Å²) in [5, 5.41) is 9.37. The van der Waals surface area contributed by atoms with E-state index in [9.17, 15) is 5.21 Å². The van der Waals surface area contributed by atoms with Gasteiger partial charge in [-0.1, -0.05) is 18.9 Å². The molecule has 0 aromatic heterocycles. The van der Waals surface area contributed by atoms with E-state index >= 15 is 0 Å². The minimum Gasteiger partial charge on any atom is -0.398 e. The highest BCUT2D eigenvalue weighted by Gasteiger charge is 2.55. The lowest BCUT2D eigenvalue weighted by molar-refractivity contribution is -0.113. The quantitative estimate of drug-likeness (QED) is 0.602. The van der Waals surface area contributed by atoms with Gasteiger partial charge in [0.05, 0.1) is 5.60 Å². The lowest BCUT2D eigenvalue weighted by Gasteiger charge is -2.34. The molecule has 0 amide bonds. The molecule has 2 N–H and O–H groups in total. The Kier molecular flexibility index (Phi) is 3.52. The molecule has 3 aliphatic rings. The molecule has 2 fully saturated rings. The maximum Gasteiger partial charge on any atom is 0.491 e. The summed E-state index contributed by atoms with van der Waals surface area (Å²) >= 11 is 0. The Labute approximate surface area is 122 Å². The largest absolute Gasteiger partial charge is 0.491 e. The van der Waals surface area contributed by atoms with Crippen LogP contribution < -0.4 is 5.48 Å². The van der Waals surface area contributed by atoms with Crippen LogP contribution in [0, 0.1) is 5.41 Å². The van der Waals surface area contributed by atoms with Crippen molar-refractivity contribution in [3.05, 3.63) is 11.5 Å². The van der Waals surface area contributed by atoms with Gasteiger partial charge < -0.3 is 14.5 Å². The van der Waals surface area contributed by atoms with Crippen molar-refractivity contribution in [3.8, 4) is 0 Å². The molecule has 112 valence electrons. The van der Waals surface area contributed by atoms with Crippen LogP contribution in [-0.2, 0) is 9.31 Å². The van der Waals surface area contributed by atoms with Gasteiger partial charge in [0.25, 0.3) is 0 Å². The number of nitrogens with one attached hydrogen (secondary N) is 1. The molecular formula is C15H26BNO3. The average molecular weight is 279 g/mol. The van der Waals surface area contributed by atoms with Crippen LogP contribution in [0.25, 0.3) is 0 Å². The zero-order valence-electron chi connectivity index (χ0n) is 12.9. The number of hydrogen-bond donors (Lipinski definition) is 2. The van der Waals surface area contributed by atoms with Gasteiger partial charge in [0.15, 0.2) is 5.72 Å². The molecule has 1 aliphatic heterocycles. The summed E-state index contributed by atoms with van der Waals surface area (Å²) in [6.07, 6.45) is 11.3. The highest BCUT2D eigenvalue weighted by atomic mass is 16.7. The van der Waals surface area contributed by atoms with Crippen LogP contribution >= 0.6 is 0 Å². The molecule has 20 heavy (non-hydrogen) atoms. The molecule has 0 radical (unpaired) electrons. The van der Waals surface area contributed by atoms with Crippen molar-refractivity contribution in [1.29, 1.82) is 0 Å². The first-order valence-corrected chi connectivity index (χ1v) is 7.86. The first-order chi connectivity index (χ1) is 9.40. The fourth-order valence-corrected chi connectivity index (χ4v) is 3.83. The van der Waals surface area contributed by atoms with Crippen LogP contribution in [0.15, 0.2) is 11.5 Å². The van der Waals surface area contributed by atoms with Gasteiger partial charge in [0.2, 0.25) is 0 Å². The molecule has 1 unspecified atom stereocenters. The van der Waals surface area contributed by atoms with E-state index in [0.29, 0.717) is 5.41 Å².